The SMILES string of the molecule is CCc1ccc(C(CNC(=O)Cn2c(-c3cccc(C)c3)n[nH]c2=S)N(C)C)cc1. The van der Waals surface area contributed by atoms with Crippen LogP contribution in [0.3, 0.4) is 0 Å². The molecule has 158 valence electrons. The molecule has 1 unspecified atom stereocenters. The minimum atomic E-state index is -0.0987. The molecule has 0 aliphatic rings. The predicted octanol–water partition coefficient (Wildman–Crippen LogP) is 3.90. The largest absolute Gasteiger partial charge is 0.353 e. The van der Waals surface area contributed by atoms with Gasteiger partial charge in [-0.2, -0.15) is 5.10 Å². The van der Waals surface area contributed by atoms with E-state index in [0.717, 1.165) is 17.5 Å². The minimum absolute atomic E-state index is 0.0911. The number of nitrogens with one attached hydrogen (secondary N) is 2. The number of likely N-dealkylation sites (N-methyl/N-ethyl adjacent to an activating group) is 1. The highest BCUT2D eigenvalue weighted by Crippen LogP contribution is 2.20. The van der Waals surface area contributed by atoms with Crippen molar-refractivity contribution in [3.8, 4) is 11.4 Å². The minimum Gasteiger partial charge on any atom is -0.353 e. The Labute approximate surface area is 182 Å². The van der Waals surface area contributed by atoms with Crippen molar-refractivity contribution in [2.45, 2.75) is 32.9 Å². The van der Waals surface area contributed by atoms with Gasteiger partial charge in [-0.3, -0.25) is 14.5 Å². The zero-order valence-electron chi connectivity index (χ0n) is 18.0. The van der Waals surface area contributed by atoms with Crippen molar-refractivity contribution in [1.82, 2.24) is 25.0 Å². The zero-order chi connectivity index (χ0) is 21.7. The highest BCUT2D eigenvalue weighted by atomic mass is 32.1. The molecule has 1 atom stereocenters. The second kappa shape index (κ2) is 9.82. The van der Waals surface area contributed by atoms with Gasteiger partial charge in [0.25, 0.3) is 0 Å². The molecule has 0 bridgehead atoms. The van der Waals surface area contributed by atoms with Crippen molar-refractivity contribution in [3.63, 3.8) is 0 Å². The number of amides is 1. The summed E-state index contributed by atoms with van der Waals surface area (Å²) in [5, 5.41) is 10.2. The van der Waals surface area contributed by atoms with Gasteiger partial charge in [0.15, 0.2) is 10.6 Å². The van der Waals surface area contributed by atoms with E-state index in [9.17, 15) is 4.79 Å². The van der Waals surface area contributed by atoms with Crippen LogP contribution in [-0.2, 0) is 17.8 Å². The summed E-state index contributed by atoms with van der Waals surface area (Å²) in [7, 11) is 4.04. The van der Waals surface area contributed by atoms with Crippen molar-refractivity contribution in [2.75, 3.05) is 20.6 Å². The Balaban J connectivity index is 1.71. The smallest absolute Gasteiger partial charge is 0.240 e. The Morgan fingerprint density at radius 1 is 1.23 bits per heavy atom. The first-order valence-electron chi connectivity index (χ1n) is 10.1. The molecule has 0 saturated carbocycles. The highest BCUT2D eigenvalue weighted by molar-refractivity contribution is 7.71. The molecule has 0 radical (unpaired) electrons. The van der Waals surface area contributed by atoms with Gasteiger partial charge in [-0.1, -0.05) is 55.0 Å². The number of rotatable bonds is 8. The lowest BCUT2D eigenvalue weighted by Gasteiger charge is -2.25. The van der Waals surface area contributed by atoms with Crippen LogP contribution in [0.4, 0.5) is 0 Å². The molecule has 2 N–H and O–H groups in total. The van der Waals surface area contributed by atoms with Crippen molar-refractivity contribution in [3.05, 3.63) is 70.0 Å². The number of nitrogens with zero attached hydrogens (tertiary/aromatic N) is 3. The normalized spacial score (nSPS) is 12.2. The summed E-state index contributed by atoms with van der Waals surface area (Å²) in [6.45, 7) is 4.80. The Morgan fingerprint density at radius 3 is 2.60 bits per heavy atom. The number of carbonyl (C=O) groups is 1. The fourth-order valence-corrected chi connectivity index (χ4v) is 3.65. The summed E-state index contributed by atoms with van der Waals surface area (Å²) in [5.41, 5.74) is 4.54. The fraction of sp³-hybridized carbons (Fsp3) is 0.348. The lowest BCUT2D eigenvalue weighted by atomic mass is 10.0. The first kappa shape index (κ1) is 21.9. The van der Waals surface area contributed by atoms with Crippen LogP contribution in [-0.4, -0.2) is 46.2 Å². The molecule has 1 amide bonds. The maximum absolute atomic E-state index is 12.7. The van der Waals surface area contributed by atoms with Crippen LogP contribution in [0.1, 0.15) is 29.7 Å². The maximum atomic E-state index is 12.7. The molecule has 3 rings (SSSR count). The summed E-state index contributed by atoms with van der Waals surface area (Å²) in [6.07, 6.45) is 1.01. The Kier molecular flexibility index (Phi) is 7.18. The van der Waals surface area contributed by atoms with E-state index in [1.54, 1.807) is 4.57 Å². The Bertz CT molecular complexity index is 1050. The predicted molar refractivity (Wildman–Crippen MR) is 123 cm³/mol. The first-order valence-corrected chi connectivity index (χ1v) is 10.5. The van der Waals surface area contributed by atoms with Gasteiger partial charge in [0.2, 0.25) is 5.91 Å². The van der Waals surface area contributed by atoms with Crippen LogP contribution in [0, 0.1) is 11.7 Å². The monoisotopic (exact) mass is 423 g/mol. The average molecular weight is 424 g/mol. The van der Waals surface area contributed by atoms with Gasteiger partial charge >= 0.3 is 0 Å². The van der Waals surface area contributed by atoms with Gasteiger partial charge in [0.1, 0.15) is 6.54 Å². The van der Waals surface area contributed by atoms with E-state index < -0.39 is 0 Å². The molecule has 0 aliphatic heterocycles. The number of H-pyrrole nitrogens is 1. The van der Waals surface area contributed by atoms with Gasteiger partial charge in [-0.15, -0.1) is 0 Å². The Morgan fingerprint density at radius 2 is 1.97 bits per heavy atom. The van der Waals surface area contributed by atoms with E-state index in [1.807, 2.05) is 45.3 Å². The third-order valence-electron chi connectivity index (χ3n) is 5.22. The van der Waals surface area contributed by atoms with Crippen molar-refractivity contribution < 1.29 is 4.79 Å². The standard InChI is InChI=1S/C23H29N5OS/c1-5-17-9-11-18(12-10-17)20(27(3)4)14-24-21(29)15-28-22(25-26-23(28)30)19-8-6-7-16(2)13-19/h6-13,20H,5,14-15H2,1-4H3,(H,24,29)(H,26,30). The van der Waals surface area contributed by atoms with E-state index in [1.165, 1.54) is 11.1 Å². The van der Waals surface area contributed by atoms with Gasteiger partial charge in [-0.05, 0) is 56.9 Å². The summed E-state index contributed by atoms with van der Waals surface area (Å²) in [6, 6.07) is 16.6. The third-order valence-corrected chi connectivity index (χ3v) is 5.54. The van der Waals surface area contributed by atoms with E-state index in [4.69, 9.17) is 12.2 Å². The second-order valence-electron chi connectivity index (χ2n) is 7.69. The number of carbonyl (C=O) groups excluding carboxylic acids is 1. The van der Waals surface area contributed by atoms with Crippen molar-refractivity contribution in [2.24, 2.45) is 0 Å². The van der Waals surface area contributed by atoms with Crippen LogP contribution in [0.15, 0.2) is 48.5 Å². The average Bonchev–Trinajstić information content (AvgIpc) is 3.08. The van der Waals surface area contributed by atoms with Crippen LogP contribution in [0.25, 0.3) is 11.4 Å². The van der Waals surface area contributed by atoms with Gasteiger partial charge < -0.3 is 10.2 Å². The molecular formula is C23H29N5OS. The van der Waals surface area contributed by atoms with Gasteiger partial charge in [0, 0.05) is 12.1 Å². The summed E-state index contributed by atoms with van der Waals surface area (Å²) >= 11 is 5.36. The number of benzene rings is 2. The molecule has 1 aromatic heterocycles. The van der Waals surface area contributed by atoms with Gasteiger partial charge in [-0.25, -0.2) is 0 Å². The summed E-state index contributed by atoms with van der Waals surface area (Å²) in [4.78, 5) is 14.8. The lowest BCUT2D eigenvalue weighted by molar-refractivity contribution is -0.121. The van der Waals surface area contributed by atoms with Crippen LogP contribution in [0.2, 0.25) is 0 Å². The molecule has 0 saturated heterocycles. The molecule has 7 heteroatoms. The molecule has 3 aromatic rings. The molecule has 2 aromatic carbocycles. The van der Waals surface area contributed by atoms with Gasteiger partial charge in [0.05, 0.1) is 6.04 Å². The fourth-order valence-electron chi connectivity index (χ4n) is 3.45. The maximum Gasteiger partial charge on any atom is 0.240 e. The topological polar surface area (TPSA) is 66.0 Å². The van der Waals surface area contributed by atoms with Crippen LogP contribution < -0.4 is 5.32 Å². The van der Waals surface area contributed by atoms with Crippen LogP contribution >= 0.6 is 12.2 Å². The summed E-state index contributed by atoms with van der Waals surface area (Å²) in [5.74, 6) is 0.566. The second-order valence-corrected chi connectivity index (χ2v) is 8.07. The quantitative estimate of drug-likeness (QED) is 0.540. The molecular weight excluding hydrogens is 394 g/mol. The summed E-state index contributed by atoms with van der Waals surface area (Å²) < 4.78 is 2.17. The molecule has 1 heterocycles. The molecule has 0 aliphatic carbocycles. The third kappa shape index (κ3) is 5.23. The zero-order valence-corrected chi connectivity index (χ0v) is 18.8. The molecule has 6 nitrogen and oxygen atoms in total. The molecule has 0 spiro atoms. The Hall–Kier alpha value is -2.77. The van der Waals surface area contributed by atoms with E-state index >= 15 is 0 Å². The molecule has 0 fully saturated rings. The first-order chi connectivity index (χ1) is 14.4. The van der Waals surface area contributed by atoms with E-state index in [0.29, 0.717) is 17.1 Å². The molecule has 30 heavy (non-hydrogen) atoms. The van der Waals surface area contributed by atoms with E-state index in [2.05, 4.69) is 51.6 Å². The number of hydrogen-bond acceptors (Lipinski definition) is 4. The number of aryl methyl sites for hydroxylation is 2. The number of aromatic nitrogens is 3. The number of hydrogen-bond donors (Lipinski definition) is 2. The van der Waals surface area contributed by atoms with Crippen LogP contribution in [0.5, 0.6) is 0 Å². The number of aromatic amines is 1. The lowest BCUT2D eigenvalue weighted by Crippen LogP contribution is -2.36. The van der Waals surface area contributed by atoms with Crippen molar-refractivity contribution >= 4 is 18.1 Å². The van der Waals surface area contributed by atoms with E-state index in [-0.39, 0.29) is 18.5 Å². The van der Waals surface area contributed by atoms with Crippen molar-refractivity contribution in [1.29, 1.82) is 0 Å². The highest BCUT2D eigenvalue weighted by Gasteiger charge is 2.17.